The number of carbonyl (C=O) groups is 5. The third-order valence-corrected chi connectivity index (χ3v) is 9.58. The van der Waals surface area contributed by atoms with Gasteiger partial charge in [-0.05, 0) is 75.0 Å². The zero-order valence-electron chi connectivity index (χ0n) is 28.7. The van der Waals surface area contributed by atoms with E-state index < -0.39 is 59.9 Å². The van der Waals surface area contributed by atoms with E-state index in [0.717, 1.165) is 30.4 Å². The molecule has 0 radical (unpaired) electrons. The van der Waals surface area contributed by atoms with Crippen LogP contribution in [-0.2, 0) is 36.8 Å². The number of carboxylic acids is 1. The van der Waals surface area contributed by atoms with Crippen LogP contribution >= 0.6 is 0 Å². The maximum atomic E-state index is 13.9. The lowest BCUT2D eigenvalue weighted by Crippen LogP contribution is -2.60. The largest absolute Gasteiger partial charge is 0.481 e. The zero-order chi connectivity index (χ0) is 36.0. The van der Waals surface area contributed by atoms with Gasteiger partial charge in [0.05, 0.1) is 18.1 Å². The van der Waals surface area contributed by atoms with E-state index in [9.17, 15) is 29.1 Å². The molecule has 13 nitrogen and oxygen atoms in total. The Bertz CT molecular complexity index is 1420. The van der Waals surface area contributed by atoms with E-state index in [1.54, 1.807) is 0 Å². The summed E-state index contributed by atoms with van der Waals surface area (Å²) in [5, 5.41) is 18.0. The molecule has 50 heavy (non-hydrogen) atoms. The molecule has 1 saturated heterocycles. The average molecular weight is 692 g/mol. The molecule has 1 aliphatic heterocycles. The van der Waals surface area contributed by atoms with Crippen LogP contribution in [0.3, 0.4) is 0 Å². The van der Waals surface area contributed by atoms with Crippen molar-refractivity contribution in [3.05, 3.63) is 71.8 Å². The molecule has 2 aliphatic rings. The van der Waals surface area contributed by atoms with Crippen LogP contribution in [0.25, 0.3) is 0 Å². The number of nitrogens with zero attached hydrogens (tertiary/aromatic N) is 1. The molecule has 0 bridgehead atoms. The first-order chi connectivity index (χ1) is 24.0. The number of likely N-dealkylation sites (tertiary alicyclic amines) is 1. The Balaban J connectivity index is 1.49. The quantitative estimate of drug-likeness (QED) is 0.105. The number of carbonyl (C=O) groups excluding carboxylic acids is 4. The average Bonchev–Trinajstić information content (AvgIpc) is 3.94. The van der Waals surface area contributed by atoms with E-state index in [4.69, 9.17) is 17.2 Å². The van der Waals surface area contributed by atoms with Crippen LogP contribution in [0, 0.1) is 11.8 Å². The van der Waals surface area contributed by atoms with Gasteiger partial charge in [-0.3, -0.25) is 24.0 Å². The van der Waals surface area contributed by atoms with Gasteiger partial charge in [0.2, 0.25) is 23.6 Å². The number of unbranched alkanes of at least 4 members (excludes halogenated alkanes) is 1. The molecule has 2 aromatic rings. The number of benzene rings is 2. The van der Waals surface area contributed by atoms with Gasteiger partial charge < -0.3 is 43.2 Å². The smallest absolute Gasteiger partial charge is 0.306 e. The summed E-state index contributed by atoms with van der Waals surface area (Å²) >= 11 is 0. The van der Waals surface area contributed by atoms with Crippen molar-refractivity contribution < 1.29 is 29.1 Å². The van der Waals surface area contributed by atoms with Crippen molar-refractivity contribution in [2.45, 2.75) is 101 Å². The maximum absolute atomic E-state index is 13.9. The fourth-order valence-corrected chi connectivity index (χ4v) is 6.37. The summed E-state index contributed by atoms with van der Waals surface area (Å²) in [5.74, 6) is -3.04. The monoisotopic (exact) mass is 691 g/mol. The van der Waals surface area contributed by atoms with Crippen LogP contribution < -0.4 is 33.2 Å². The van der Waals surface area contributed by atoms with E-state index in [1.165, 1.54) is 4.90 Å². The second-order valence-electron chi connectivity index (χ2n) is 13.6. The van der Waals surface area contributed by atoms with Crippen LogP contribution in [0.5, 0.6) is 0 Å². The molecular formula is C37H53N7O6. The summed E-state index contributed by atoms with van der Waals surface area (Å²) in [6.45, 7) is 0.581. The lowest BCUT2D eigenvalue weighted by molar-refractivity contribution is -0.149. The second kappa shape index (κ2) is 19.2. The van der Waals surface area contributed by atoms with Crippen LogP contribution in [0.15, 0.2) is 60.7 Å². The van der Waals surface area contributed by atoms with Gasteiger partial charge in [-0.25, -0.2) is 0 Å². The lowest BCUT2D eigenvalue weighted by atomic mass is 9.93. The third kappa shape index (κ3) is 11.9. The number of amides is 4. The Kier molecular flexibility index (Phi) is 14.7. The minimum Gasteiger partial charge on any atom is -0.481 e. The topological polar surface area (TPSA) is 223 Å². The minimum absolute atomic E-state index is 0.119. The minimum atomic E-state index is -1.02. The molecule has 4 rings (SSSR count). The van der Waals surface area contributed by atoms with Gasteiger partial charge in [-0.2, -0.15) is 0 Å². The molecule has 272 valence electrons. The molecule has 1 saturated carbocycles. The molecular weight excluding hydrogens is 638 g/mol. The van der Waals surface area contributed by atoms with Gasteiger partial charge in [-0.1, -0.05) is 73.5 Å². The Labute approximate surface area is 294 Å². The van der Waals surface area contributed by atoms with E-state index in [2.05, 4.69) is 16.0 Å². The van der Waals surface area contributed by atoms with Crippen LogP contribution in [0.1, 0.15) is 68.9 Å². The van der Waals surface area contributed by atoms with Gasteiger partial charge in [0.25, 0.3) is 0 Å². The number of rotatable bonds is 19. The van der Waals surface area contributed by atoms with Gasteiger partial charge in [-0.15, -0.1) is 0 Å². The predicted octanol–water partition coefficient (Wildman–Crippen LogP) is 1.18. The summed E-state index contributed by atoms with van der Waals surface area (Å²) in [6.07, 6.45) is 4.75. The van der Waals surface area contributed by atoms with Crippen molar-refractivity contribution in [2.75, 3.05) is 13.1 Å². The Morgan fingerprint density at radius 2 is 1.34 bits per heavy atom. The van der Waals surface area contributed by atoms with Gasteiger partial charge in [0.1, 0.15) is 18.1 Å². The van der Waals surface area contributed by atoms with Gasteiger partial charge in [0, 0.05) is 13.0 Å². The van der Waals surface area contributed by atoms with E-state index in [1.807, 2.05) is 60.7 Å². The van der Waals surface area contributed by atoms with Crippen molar-refractivity contribution in [3.63, 3.8) is 0 Å². The van der Waals surface area contributed by atoms with Crippen molar-refractivity contribution in [3.8, 4) is 0 Å². The molecule has 2 aromatic carbocycles. The van der Waals surface area contributed by atoms with Crippen molar-refractivity contribution >= 4 is 29.6 Å². The molecule has 0 spiro atoms. The zero-order valence-corrected chi connectivity index (χ0v) is 28.7. The summed E-state index contributed by atoms with van der Waals surface area (Å²) in [7, 11) is 0. The Hall–Kier alpha value is -4.33. The highest BCUT2D eigenvalue weighted by atomic mass is 16.4. The third-order valence-electron chi connectivity index (χ3n) is 9.58. The molecule has 3 unspecified atom stereocenters. The normalized spacial score (nSPS) is 19.8. The number of hydrogen-bond donors (Lipinski definition) is 7. The number of aliphatic carboxylic acids is 1. The number of nitrogens with two attached hydrogens (primary N) is 3. The lowest BCUT2D eigenvalue weighted by Gasteiger charge is -2.38. The molecule has 1 aliphatic carbocycles. The van der Waals surface area contributed by atoms with Crippen LogP contribution in [-0.4, -0.2) is 83.0 Å². The Morgan fingerprint density at radius 3 is 1.92 bits per heavy atom. The van der Waals surface area contributed by atoms with Gasteiger partial charge >= 0.3 is 5.97 Å². The molecule has 10 N–H and O–H groups in total. The molecule has 13 heteroatoms. The van der Waals surface area contributed by atoms with Crippen LogP contribution in [0.2, 0.25) is 0 Å². The number of hydrogen-bond acceptors (Lipinski definition) is 8. The first-order valence-electron chi connectivity index (χ1n) is 17.8. The second-order valence-corrected chi connectivity index (χ2v) is 13.6. The standard InChI is InChI=1S/C37H53N7O6/c38-19-8-7-13-30(36(48)44-20-18-27(37(49)50)23-32(44)40)42-34(46)29(17-16-24-14-15-24)41-35(47)31(22-26-11-5-2-6-12-26)43-33(45)28(39)21-25-9-3-1-4-10-25/h1-6,9-12,24,27-32H,7-8,13-23,38-40H2,(H,41,47)(H,42,46)(H,43,45)(H,49,50)/t27?,28-,29?,30-,31-,32?/m1/s1. The van der Waals surface area contributed by atoms with Crippen molar-refractivity contribution in [1.82, 2.24) is 20.9 Å². The highest BCUT2D eigenvalue weighted by molar-refractivity contribution is 5.95. The van der Waals surface area contributed by atoms with Crippen molar-refractivity contribution in [1.29, 1.82) is 0 Å². The summed E-state index contributed by atoms with van der Waals surface area (Å²) in [6, 6.07) is 14.8. The fraction of sp³-hybridized carbons (Fsp3) is 0.541. The van der Waals surface area contributed by atoms with Crippen LogP contribution in [0.4, 0.5) is 0 Å². The highest BCUT2D eigenvalue weighted by Gasteiger charge is 2.37. The SMILES string of the molecule is NCCCC[C@@H](NC(=O)C(CCC1CC1)NC(=O)[C@@H](Cc1ccccc1)NC(=O)[C@H](N)Cc1ccccc1)C(=O)N1CCC(C(=O)O)CC1N. The van der Waals surface area contributed by atoms with E-state index in [0.29, 0.717) is 38.1 Å². The van der Waals surface area contributed by atoms with Gasteiger partial charge in [0.15, 0.2) is 0 Å². The number of piperidine rings is 1. The molecule has 6 atom stereocenters. The summed E-state index contributed by atoms with van der Waals surface area (Å²) in [5.41, 5.74) is 19.9. The summed E-state index contributed by atoms with van der Waals surface area (Å²) < 4.78 is 0. The Morgan fingerprint density at radius 1 is 0.760 bits per heavy atom. The first kappa shape index (κ1) is 38.5. The number of nitrogens with one attached hydrogen (secondary N) is 3. The summed E-state index contributed by atoms with van der Waals surface area (Å²) in [4.78, 5) is 67.9. The molecule has 0 aromatic heterocycles. The van der Waals surface area contributed by atoms with E-state index in [-0.39, 0.29) is 38.1 Å². The fourth-order valence-electron chi connectivity index (χ4n) is 6.37. The molecule has 1 heterocycles. The molecule has 4 amide bonds. The van der Waals surface area contributed by atoms with E-state index >= 15 is 0 Å². The first-order valence-corrected chi connectivity index (χ1v) is 17.8. The molecule has 2 fully saturated rings. The number of carboxylic acid groups (broad SMARTS) is 1. The maximum Gasteiger partial charge on any atom is 0.306 e. The predicted molar refractivity (Wildman–Crippen MR) is 189 cm³/mol. The van der Waals surface area contributed by atoms with Crippen molar-refractivity contribution in [2.24, 2.45) is 29.0 Å². The highest BCUT2D eigenvalue weighted by Crippen LogP contribution is 2.34.